The zero-order chi connectivity index (χ0) is 12.3. The molecule has 0 saturated heterocycles. The van der Waals surface area contributed by atoms with E-state index in [9.17, 15) is 5.11 Å². The molecule has 0 fully saturated rings. The quantitative estimate of drug-likeness (QED) is 0.901. The molecule has 0 amide bonds. The first-order valence-electron chi connectivity index (χ1n) is 5.00. The first-order valence-corrected chi connectivity index (χ1v) is 6.26. The van der Waals surface area contributed by atoms with Gasteiger partial charge in [0, 0.05) is 13.3 Å². The summed E-state index contributed by atoms with van der Waals surface area (Å²) < 4.78 is 6.63. The third-order valence-corrected chi connectivity index (χ3v) is 3.44. The lowest BCUT2D eigenvalue weighted by Crippen LogP contribution is -2.13. The Hall–Kier alpha value is -0.950. The minimum atomic E-state index is -0.797. The van der Waals surface area contributed by atoms with E-state index in [1.165, 1.54) is 17.5 Å². The summed E-state index contributed by atoms with van der Waals surface area (Å²) in [4.78, 5) is 4.68. The van der Waals surface area contributed by atoms with Crippen molar-refractivity contribution in [3.05, 3.63) is 33.5 Å². The highest BCUT2D eigenvalue weighted by atomic mass is 35.5. The van der Waals surface area contributed by atoms with Gasteiger partial charge in [-0.2, -0.15) is 5.10 Å². The summed E-state index contributed by atoms with van der Waals surface area (Å²) in [7, 11) is 1.62. The largest absolute Gasteiger partial charge is 0.383 e. The van der Waals surface area contributed by atoms with E-state index in [0.29, 0.717) is 23.9 Å². The molecule has 1 atom stereocenters. The van der Waals surface area contributed by atoms with Crippen LogP contribution in [0.4, 0.5) is 0 Å². The van der Waals surface area contributed by atoms with Crippen LogP contribution in [0.5, 0.6) is 0 Å². The zero-order valence-corrected chi connectivity index (χ0v) is 10.8. The number of hydrogen-bond donors (Lipinski definition) is 1. The van der Waals surface area contributed by atoms with Crippen molar-refractivity contribution >= 4 is 22.9 Å². The van der Waals surface area contributed by atoms with Crippen molar-refractivity contribution < 1.29 is 9.84 Å². The molecule has 0 aromatic carbocycles. The molecule has 1 unspecified atom stereocenters. The van der Waals surface area contributed by atoms with E-state index in [2.05, 4.69) is 10.1 Å². The molecule has 0 aliphatic rings. The molecule has 0 bridgehead atoms. The summed E-state index contributed by atoms with van der Waals surface area (Å²) in [5.74, 6) is 0. The summed E-state index contributed by atoms with van der Waals surface area (Å²) >= 11 is 7.41. The molecule has 0 saturated carbocycles. The Morgan fingerprint density at radius 3 is 3.06 bits per heavy atom. The number of methoxy groups -OCH3 is 1. The fourth-order valence-electron chi connectivity index (χ4n) is 1.50. The van der Waals surface area contributed by atoms with E-state index in [-0.39, 0.29) is 0 Å². The van der Waals surface area contributed by atoms with Crippen LogP contribution in [-0.2, 0) is 11.3 Å². The van der Waals surface area contributed by atoms with Crippen molar-refractivity contribution in [1.82, 2.24) is 14.8 Å². The van der Waals surface area contributed by atoms with E-state index in [1.807, 2.05) is 0 Å². The van der Waals surface area contributed by atoms with Crippen LogP contribution in [0.3, 0.4) is 0 Å². The molecule has 0 spiro atoms. The molecule has 2 heterocycles. The third-order valence-electron chi connectivity index (χ3n) is 2.32. The second-order valence-electron chi connectivity index (χ2n) is 3.40. The summed E-state index contributed by atoms with van der Waals surface area (Å²) in [6, 6.07) is 0. The summed E-state index contributed by atoms with van der Waals surface area (Å²) in [5, 5.41) is 14.8. The van der Waals surface area contributed by atoms with Gasteiger partial charge in [-0.15, -0.1) is 11.3 Å². The molecule has 0 radical (unpaired) electrons. The molecule has 5 nitrogen and oxygen atoms in total. The Labute approximate surface area is 108 Å². The molecular weight excluding hydrogens is 262 g/mol. The number of rotatable bonds is 5. The fourth-order valence-corrected chi connectivity index (χ4v) is 2.35. The average molecular weight is 274 g/mol. The van der Waals surface area contributed by atoms with Crippen LogP contribution in [0.25, 0.3) is 0 Å². The van der Waals surface area contributed by atoms with Gasteiger partial charge >= 0.3 is 0 Å². The maximum atomic E-state index is 10.2. The Bertz CT molecular complexity index is 472. The molecule has 2 aromatic heterocycles. The first-order chi connectivity index (χ1) is 8.24. The molecule has 7 heteroatoms. The summed E-state index contributed by atoms with van der Waals surface area (Å²) in [6.45, 7) is 1.06. The van der Waals surface area contributed by atoms with Gasteiger partial charge < -0.3 is 9.84 Å². The zero-order valence-electron chi connectivity index (χ0n) is 9.21. The number of aromatic nitrogens is 3. The van der Waals surface area contributed by atoms with E-state index in [4.69, 9.17) is 16.3 Å². The molecule has 17 heavy (non-hydrogen) atoms. The minimum absolute atomic E-state index is 0.446. The van der Waals surface area contributed by atoms with Crippen molar-refractivity contribution in [2.75, 3.05) is 13.7 Å². The van der Waals surface area contributed by atoms with Gasteiger partial charge in [0.15, 0.2) is 0 Å². The van der Waals surface area contributed by atoms with Gasteiger partial charge in [0.2, 0.25) is 0 Å². The van der Waals surface area contributed by atoms with Gasteiger partial charge in [0.1, 0.15) is 6.10 Å². The number of aliphatic hydroxyl groups excluding tert-OH is 1. The lowest BCUT2D eigenvalue weighted by Gasteiger charge is -2.12. The molecule has 2 rings (SSSR count). The normalized spacial score (nSPS) is 12.9. The Kier molecular flexibility index (Phi) is 4.11. The lowest BCUT2D eigenvalue weighted by molar-refractivity contribution is 0.172. The summed E-state index contributed by atoms with van der Waals surface area (Å²) in [5.41, 5.74) is 2.25. The Morgan fingerprint density at radius 1 is 1.59 bits per heavy atom. The second-order valence-corrected chi connectivity index (χ2v) is 4.73. The van der Waals surface area contributed by atoms with Crippen LogP contribution in [0.1, 0.15) is 16.7 Å². The topological polar surface area (TPSA) is 60.2 Å². The standard InChI is InChI=1S/C10H12ClN3O2S/c1-16-3-2-14-9(7(11)4-13-14)10(15)8-5-12-6-17-8/h4-6,10,15H,2-3H2,1H3. The van der Waals surface area contributed by atoms with Gasteiger partial charge in [0.25, 0.3) is 0 Å². The van der Waals surface area contributed by atoms with Gasteiger partial charge in [-0.3, -0.25) is 9.67 Å². The number of aliphatic hydroxyl groups is 1. The van der Waals surface area contributed by atoms with Crippen molar-refractivity contribution in [2.45, 2.75) is 12.6 Å². The predicted octanol–water partition coefficient (Wildman–Crippen LogP) is 1.72. The van der Waals surface area contributed by atoms with Gasteiger partial charge in [-0.25, -0.2) is 0 Å². The van der Waals surface area contributed by atoms with Gasteiger partial charge in [-0.1, -0.05) is 11.6 Å². The predicted molar refractivity (Wildman–Crippen MR) is 65.3 cm³/mol. The maximum Gasteiger partial charge on any atom is 0.133 e. The SMILES string of the molecule is COCCn1ncc(Cl)c1C(O)c1cncs1. The van der Waals surface area contributed by atoms with E-state index < -0.39 is 6.10 Å². The number of halogens is 1. The van der Waals surface area contributed by atoms with E-state index in [0.717, 1.165) is 4.88 Å². The first kappa shape index (κ1) is 12.5. The monoisotopic (exact) mass is 273 g/mol. The van der Waals surface area contributed by atoms with E-state index in [1.54, 1.807) is 23.5 Å². The van der Waals surface area contributed by atoms with Gasteiger partial charge in [0.05, 0.1) is 40.5 Å². The lowest BCUT2D eigenvalue weighted by atomic mass is 10.2. The smallest absolute Gasteiger partial charge is 0.133 e. The third kappa shape index (κ3) is 2.66. The van der Waals surface area contributed by atoms with Gasteiger partial charge in [-0.05, 0) is 0 Å². The van der Waals surface area contributed by atoms with E-state index >= 15 is 0 Å². The minimum Gasteiger partial charge on any atom is -0.383 e. The van der Waals surface area contributed by atoms with Crippen LogP contribution < -0.4 is 0 Å². The van der Waals surface area contributed by atoms with Crippen LogP contribution in [-0.4, -0.2) is 33.6 Å². The summed E-state index contributed by atoms with van der Waals surface area (Å²) in [6.07, 6.45) is 2.35. The van der Waals surface area contributed by atoms with Crippen LogP contribution >= 0.6 is 22.9 Å². The Morgan fingerprint density at radius 2 is 2.41 bits per heavy atom. The second kappa shape index (κ2) is 5.59. The van der Waals surface area contributed by atoms with Crippen LogP contribution in [0, 0.1) is 0 Å². The molecule has 2 aromatic rings. The molecule has 1 N–H and O–H groups in total. The van der Waals surface area contributed by atoms with Crippen LogP contribution in [0.15, 0.2) is 17.9 Å². The average Bonchev–Trinajstić information content (AvgIpc) is 2.95. The van der Waals surface area contributed by atoms with Crippen molar-refractivity contribution in [3.63, 3.8) is 0 Å². The highest BCUT2D eigenvalue weighted by molar-refractivity contribution is 7.09. The number of hydrogen-bond acceptors (Lipinski definition) is 5. The van der Waals surface area contributed by atoms with Crippen molar-refractivity contribution in [3.8, 4) is 0 Å². The number of thiazole rings is 1. The molecule has 92 valence electrons. The van der Waals surface area contributed by atoms with Crippen LogP contribution in [0.2, 0.25) is 5.02 Å². The molecule has 0 aliphatic heterocycles. The Balaban J connectivity index is 2.27. The maximum absolute atomic E-state index is 10.2. The highest BCUT2D eigenvalue weighted by Gasteiger charge is 2.20. The molecular formula is C10H12ClN3O2S. The fraction of sp³-hybridized carbons (Fsp3) is 0.400. The highest BCUT2D eigenvalue weighted by Crippen LogP contribution is 2.29. The van der Waals surface area contributed by atoms with Crippen molar-refractivity contribution in [1.29, 1.82) is 0 Å². The van der Waals surface area contributed by atoms with Crippen molar-refractivity contribution in [2.24, 2.45) is 0 Å². The number of nitrogens with zero attached hydrogens (tertiary/aromatic N) is 3. The number of ether oxygens (including phenoxy) is 1. The molecule has 0 aliphatic carbocycles.